The molecule has 1 aromatic rings. The zero-order valence-electron chi connectivity index (χ0n) is 9.46. The highest BCUT2D eigenvalue weighted by Crippen LogP contribution is 2.26. The Bertz CT molecular complexity index is 394. The molecular weight excluding hydrogens is 240 g/mol. The molecule has 1 heterocycles. The van der Waals surface area contributed by atoms with E-state index in [4.69, 9.17) is 0 Å². The molecule has 2 atom stereocenters. The molecule has 0 amide bonds. The molecular formula is C11H16N2O3S. The van der Waals surface area contributed by atoms with Crippen LogP contribution in [0.3, 0.4) is 0 Å². The highest BCUT2D eigenvalue weighted by atomic mass is 32.1. The van der Waals surface area contributed by atoms with Gasteiger partial charge in [0.15, 0.2) is 0 Å². The summed E-state index contributed by atoms with van der Waals surface area (Å²) in [6.45, 7) is 0.868. The Morgan fingerprint density at radius 2 is 2.41 bits per heavy atom. The largest absolute Gasteiger partial charge is 0.396 e. The van der Waals surface area contributed by atoms with Gasteiger partial charge in [0, 0.05) is 30.6 Å². The van der Waals surface area contributed by atoms with Crippen molar-refractivity contribution < 1.29 is 10.0 Å². The van der Waals surface area contributed by atoms with Crippen molar-refractivity contribution in [2.45, 2.75) is 31.8 Å². The van der Waals surface area contributed by atoms with Crippen LogP contribution in [0.15, 0.2) is 11.4 Å². The number of nitrogens with one attached hydrogen (secondary N) is 1. The van der Waals surface area contributed by atoms with Gasteiger partial charge in [0.1, 0.15) is 0 Å². The van der Waals surface area contributed by atoms with Crippen molar-refractivity contribution in [3.05, 3.63) is 27.1 Å². The molecule has 1 aliphatic rings. The molecule has 1 aliphatic carbocycles. The molecule has 17 heavy (non-hydrogen) atoms. The van der Waals surface area contributed by atoms with Gasteiger partial charge in [-0.25, -0.2) is 0 Å². The van der Waals surface area contributed by atoms with Crippen molar-refractivity contribution in [2.75, 3.05) is 6.61 Å². The summed E-state index contributed by atoms with van der Waals surface area (Å²) in [6, 6.07) is 1.96. The van der Waals surface area contributed by atoms with Crippen molar-refractivity contribution in [1.82, 2.24) is 5.32 Å². The number of aliphatic hydroxyl groups excluding tert-OH is 1. The SMILES string of the molecule is O=[N+]([O-])c1cc(CNC2CCCC2CO)cs1. The van der Waals surface area contributed by atoms with Gasteiger partial charge >= 0.3 is 5.00 Å². The molecule has 2 rings (SSSR count). The Balaban J connectivity index is 1.86. The molecule has 0 spiro atoms. The summed E-state index contributed by atoms with van der Waals surface area (Å²) in [5.74, 6) is 0.337. The maximum absolute atomic E-state index is 10.5. The Hall–Kier alpha value is -0.980. The monoisotopic (exact) mass is 256 g/mol. The fourth-order valence-electron chi connectivity index (χ4n) is 2.32. The summed E-state index contributed by atoms with van der Waals surface area (Å²) in [6.07, 6.45) is 3.29. The molecule has 0 aromatic carbocycles. The van der Waals surface area contributed by atoms with E-state index in [9.17, 15) is 15.2 Å². The number of aliphatic hydroxyl groups is 1. The minimum Gasteiger partial charge on any atom is -0.396 e. The fourth-order valence-corrected chi connectivity index (χ4v) is 3.05. The number of nitrogens with zero attached hydrogens (tertiary/aromatic N) is 1. The highest BCUT2D eigenvalue weighted by Gasteiger charge is 2.26. The lowest BCUT2D eigenvalue weighted by molar-refractivity contribution is -0.380. The van der Waals surface area contributed by atoms with E-state index < -0.39 is 0 Å². The minimum atomic E-state index is -0.361. The van der Waals surface area contributed by atoms with Crippen LogP contribution >= 0.6 is 11.3 Å². The van der Waals surface area contributed by atoms with Crippen molar-refractivity contribution in [3.63, 3.8) is 0 Å². The van der Waals surface area contributed by atoms with Gasteiger partial charge in [-0.05, 0) is 24.3 Å². The zero-order valence-corrected chi connectivity index (χ0v) is 10.3. The molecule has 1 fully saturated rings. The van der Waals surface area contributed by atoms with Gasteiger partial charge in [-0.1, -0.05) is 17.8 Å². The Morgan fingerprint density at radius 1 is 1.59 bits per heavy atom. The Labute approximate surface area is 104 Å². The molecule has 2 unspecified atom stereocenters. The lowest BCUT2D eigenvalue weighted by atomic mass is 10.1. The predicted octanol–water partition coefficient (Wildman–Crippen LogP) is 1.91. The van der Waals surface area contributed by atoms with Crippen LogP contribution in [0.5, 0.6) is 0 Å². The van der Waals surface area contributed by atoms with Crippen molar-refractivity contribution in [1.29, 1.82) is 0 Å². The third-order valence-corrected chi connectivity index (χ3v) is 4.21. The van der Waals surface area contributed by atoms with E-state index in [1.807, 2.05) is 5.38 Å². The van der Waals surface area contributed by atoms with Gasteiger partial charge in [0.05, 0.1) is 4.92 Å². The molecule has 1 saturated carbocycles. The smallest absolute Gasteiger partial charge is 0.324 e. The first-order valence-corrected chi connectivity index (χ1v) is 6.64. The molecule has 94 valence electrons. The van der Waals surface area contributed by atoms with Crippen molar-refractivity contribution in [2.24, 2.45) is 5.92 Å². The lowest BCUT2D eigenvalue weighted by Crippen LogP contribution is -2.33. The van der Waals surface area contributed by atoms with E-state index in [0.29, 0.717) is 18.5 Å². The van der Waals surface area contributed by atoms with Crippen LogP contribution in [0.4, 0.5) is 5.00 Å². The standard InChI is InChI=1S/C11H16N2O3S/c14-6-9-2-1-3-10(9)12-5-8-4-11(13(15)16)17-7-8/h4,7,9-10,12,14H,1-3,5-6H2. The quantitative estimate of drug-likeness (QED) is 0.623. The molecule has 6 heteroatoms. The third kappa shape index (κ3) is 3.02. The average molecular weight is 256 g/mol. The van der Waals surface area contributed by atoms with E-state index in [0.717, 1.165) is 36.2 Å². The van der Waals surface area contributed by atoms with Crippen molar-refractivity contribution in [3.8, 4) is 0 Å². The fraction of sp³-hybridized carbons (Fsp3) is 0.636. The van der Waals surface area contributed by atoms with E-state index >= 15 is 0 Å². The summed E-state index contributed by atoms with van der Waals surface area (Å²) in [4.78, 5) is 10.2. The Morgan fingerprint density at radius 3 is 3.06 bits per heavy atom. The summed E-state index contributed by atoms with van der Waals surface area (Å²) in [7, 11) is 0. The number of hydrogen-bond donors (Lipinski definition) is 2. The van der Waals surface area contributed by atoms with Gasteiger partial charge in [0.25, 0.3) is 0 Å². The van der Waals surface area contributed by atoms with Crippen LogP contribution < -0.4 is 5.32 Å². The molecule has 0 aliphatic heterocycles. The minimum absolute atomic E-state index is 0.187. The van der Waals surface area contributed by atoms with Gasteiger partial charge in [-0.15, -0.1) is 0 Å². The highest BCUT2D eigenvalue weighted by molar-refractivity contribution is 7.13. The van der Waals surface area contributed by atoms with Crippen LogP contribution in [0.1, 0.15) is 24.8 Å². The van der Waals surface area contributed by atoms with Gasteiger partial charge in [-0.2, -0.15) is 0 Å². The van der Waals surface area contributed by atoms with Crippen LogP contribution in [0.25, 0.3) is 0 Å². The van der Waals surface area contributed by atoms with E-state index in [-0.39, 0.29) is 16.5 Å². The normalized spacial score (nSPS) is 24.1. The van der Waals surface area contributed by atoms with Crippen molar-refractivity contribution >= 4 is 16.3 Å². The Kier molecular flexibility index (Phi) is 4.09. The molecule has 0 bridgehead atoms. The molecule has 2 N–H and O–H groups in total. The van der Waals surface area contributed by atoms with Crippen LogP contribution in [-0.2, 0) is 6.54 Å². The first kappa shape index (κ1) is 12.5. The van der Waals surface area contributed by atoms with Crippen LogP contribution in [-0.4, -0.2) is 22.7 Å². The van der Waals surface area contributed by atoms with Crippen LogP contribution in [0.2, 0.25) is 0 Å². The summed E-state index contributed by atoms with van der Waals surface area (Å²) < 4.78 is 0. The van der Waals surface area contributed by atoms with E-state index in [1.54, 1.807) is 6.07 Å². The second kappa shape index (κ2) is 5.57. The van der Waals surface area contributed by atoms with Gasteiger partial charge in [-0.3, -0.25) is 10.1 Å². The van der Waals surface area contributed by atoms with E-state index in [1.165, 1.54) is 0 Å². The van der Waals surface area contributed by atoms with Gasteiger partial charge < -0.3 is 10.4 Å². The van der Waals surface area contributed by atoms with Crippen LogP contribution in [0, 0.1) is 16.0 Å². The number of thiophene rings is 1. The third-order valence-electron chi connectivity index (χ3n) is 3.28. The average Bonchev–Trinajstić information content (AvgIpc) is 2.95. The maximum Gasteiger partial charge on any atom is 0.324 e. The summed E-state index contributed by atoms with van der Waals surface area (Å²) >= 11 is 1.16. The molecule has 1 aromatic heterocycles. The predicted molar refractivity (Wildman–Crippen MR) is 66.0 cm³/mol. The molecule has 0 radical (unpaired) electrons. The maximum atomic E-state index is 10.5. The zero-order chi connectivity index (χ0) is 12.3. The summed E-state index contributed by atoms with van der Waals surface area (Å²) in [5.41, 5.74) is 0.949. The second-order valence-corrected chi connectivity index (χ2v) is 5.30. The first-order chi connectivity index (χ1) is 8.20. The number of hydrogen-bond acceptors (Lipinski definition) is 5. The second-order valence-electron chi connectivity index (χ2n) is 4.41. The first-order valence-electron chi connectivity index (χ1n) is 5.76. The number of rotatable bonds is 5. The molecule has 5 nitrogen and oxygen atoms in total. The molecule has 0 saturated heterocycles. The van der Waals surface area contributed by atoms with Gasteiger partial charge in [0.2, 0.25) is 0 Å². The number of nitro groups is 1. The lowest BCUT2D eigenvalue weighted by Gasteiger charge is -2.18. The topological polar surface area (TPSA) is 75.4 Å². The van der Waals surface area contributed by atoms with E-state index in [2.05, 4.69) is 5.32 Å². The summed E-state index contributed by atoms with van der Waals surface area (Å²) in [5, 5.41) is 25.1.